The second-order valence-corrected chi connectivity index (χ2v) is 9.12. The molecule has 0 spiro atoms. The van der Waals surface area contributed by atoms with Crippen LogP contribution in [0, 0.1) is 11.3 Å². The molecule has 3 rings (SSSR count). The van der Waals surface area contributed by atoms with E-state index in [0.29, 0.717) is 29.3 Å². The minimum atomic E-state index is -3.51. The SMILES string of the molecule is CC(Nc1cccc(S(=O)(=O)N2CCCC2)c1)C(=O)Nc1sccc1C#N. The lowest BCUT2D eigenvalue weighted by atomic mass is 10.2. The van der Waals surface area contributed by atoms with Gasteiger partial charge in [-0.05, 0) is 49.4 Å². The van der Waals surface area contributed by atoms with Crippen molar-refractivity contribution in [3.05, 3.63) is 41.3 Å². The van der Waals surface area contributed by atoms with E-state index in [4.69, 9.17) is 5.26 Å². The van der Waals surface area contributed by atoms with Crippen LogP contribution >= 0.6 is 11.3 Å². The molecule has 1 atom stereocenters. The van der Waals surface area contributed by atoms with Gasteiger partial charge >= 0.3 is 0 Å². The molecule has 1 saturated heterocycles. The van der Waals surface area contributed by atoms with E-state index in [1.165, 1.54) is 15.6 Å². The predicted molar refractivity (Wildman–Crippen MR) is 105 cm³/mol. The molecular formula is C18H20N4O3S2. The third kappa shape index (κ3) is 4.30. The third-order valence-corrected chi connectivity index (χ3v) is 7.06. The van der Waals surface area contributed by atoms with E-state index in [2.05, 4.69) is 10.6 Å². The van der Waals surface area contributed by atoms with Crippen molar-refractivity contribution in [1.29, 1.82) is 5.26 Å². The van der Waals surface area contributed by atoms with Crippen LogP contribution in [-0.2, 0) is 14.8 Å². The second kappa shape index (κ2) is 8.08. The summed E-state index contributed by atoms with van der Waals surface area (Å²) in [5.74, 6) is -0.304. The van der Waals surface area contributed by atoms with Crippen LogP contribution in [0.2, 0.25) is 0 Å². The number of hydrogen-bond acceptors (Lipinski definition) is 6. The minimum absolute atomic E-state index is 0.215. The molecule has 0 saturated carbocycles. The zero-order valence-corrected chi connectivity index (χ0v) is 16.4. The highest BCUT2D eigenvalue weighted by atomic mass is 32.2. The molecule has 0 aliphatic carbocycles. The molecule has 1 fully saturated rings. The molecule has 2 heterocycles. The molecule has 2 N–H and O–H groups in total. The number of sulfonamides is 1. The highest BCUT2D eigenvalue weighted by Gasteiger charge is 2.27. The molecule has 1 aromatic heterocycles. The normalized spacial score (nSPS) is 15.9. The Balaban J connectivity index is 1.70. The Kier molecular flexibility index (Phi) is 5.79. The number of hydrogen-bond donors (Lipinski definition) is 2. The van der Waals surface area contributed by atoms with E-state index in [0.717, 1.165) is 12.8 Å². The van der Waals surface area contributed by atoms with Gasteiger partial charge in [-0.3, -0.25) is 4.79 Å². The van der Waals surface area contributed by atoms with Gasteiger partial charge < -0.3 is 10.6 Å². The summed E-state index contributed by atoms with van der Waals surface area (Å²) in [5.41, 5.74) is 0.962. The van der Waals surface area contributed by atoms with Gasteiger partial charge in [0.25, 0.3) is 0 Å². The molecule has 1 aromatic carbocycles. The molecule has 1 unspecified atom stereocenters. The molecule has 27 heavy (non-hydrogen) atoms. The summed E-state index contributed by atoms with van der Waals surface area (Å²) in [6.45, 7) is 2.76. The van der Waals surface area contributed by atoms with Crippen LogP contribution in [0.5, 0.6) is 0 Å². The Morgan fingerprint density at radius 2 is 2.04 bits per heavy atom. The maximum atomic E-state index is 12.7. The fourth-order valence-corrected chi connectivity index (χ4v) is 5.16. The molecule has 142 valence electrons. The summed E-state index contributed by atoms with van der Waals surface area (Å²) in [6.07, 6.45) is 1.75. The monoisotopic (exact) mass is 404 g/mol. The number of nitriles is 1. The van der Waals surface area contributed by atoms with Gasteiger partial charge in [0.05, 0.1) is 10.5 Å². The van der Waals surface area contributed by atoms with Crippen LogP contribution in [0.3, 0.4) is 0 Å². The van der Waals surface area contributed by atoms with Gasteiger partial charge in [-0.2, -0.15) is 9.57 Å². The van der Waals surface area contributed by atoms with Gasteiger partial charge in [-0.1, -0.05) is 6.07 Å². The Labute approximate surface area is 162 Å². The summed E-state index contributed by atoms with van der Waals surface area (Å²) >= 11 is 1.28. The van der Waals surface area contributed by atoms with Crippen molar-refractivity contribution in [2.75, 3.05) is 23.7 Å². The molecule has 7 nitrogen and oxygen atoms in total. The smallest absolute Gasteiger partial charge is 0.247 e. The Hall–Kier alpha value is -2.41. The lowest BCUT2D eigenvalue weighted by Crippen LogP contribution is -2.32. The van der Waals surface area contributed by atoms with E-state index in [9.17, 15) is 13.2 Å². The quantitative estimate of drug-likeness (QED) is 0.771. The molecule has 1 aliphatic rings. The van der Waals surface area contributed by atoms with Gasteiger partial charge in [0.2, 0.25) is 15.9 Å². The molecule has 0 radical (unpaired) electrons. The van der Waals surface area contributed by atoms with Crippen molar-refractivity contribution in [3.8, 4) is 6.07 Å². The zero-order valence-electron chi connectivity index (χ0n) is 14.8. The van der Waals surface area contributed by atoms with Crippen LogP contribution in [0.25, 0.3) is 0 Å². The van der Waals surface area contributed by atoms with Crippen LogP contribution in [0.15, 0.2) is 40.6 Å². The number of anilines is 2. The summed E-state index contributed by atoms with van der Waals surface area (Å²) in [4.78, 5) is 12.6. The molecule has 0 bridgehead atoms. The highest BCUT2D eigenvalue weighted by Crippen LogP contribution is 2.24. The first-order valence-electron chi connectivity index (χ1n) is 8.57. The number of carbonyl (C=O) groups is 1. The topological polar surface area (TPSA) is 102 Å². The Morgan fingerprint density at radius 3 is 2.74 bits per heavy atom. The van der Waals surface area contributed by atoms with Gasteiger partial charge in [0.15, 0.2) is 0 Å². The average molecular weight is 405 g/mol. The lowest BCUT2D eigenvalue weighted by Gasteiger charge is -2.18. The number of nitrogens with zero attached hydrogens (tertiary/aromatic N) is 2. The third-order valence-electron chi connectivity index (χ3n) is 4.34. The van der Waals surface area contributed by atoms with Gasteiger partial charge in [-0.25, -0.2) is 8.42 Å². The number of thiophene rings is 1. The van der Waals surface area contributed by atoms with Crippen molar-refractivity contribution in [1.82, 2.24) is 4.31 Å². The van der Waals surface area contributed by atoms with Crippen LogP contribution in [-0.4, -0.2) is 37.8 Å². The number of rotatable bonds is 6. The number of nitrogens with one attached hydrogen (secondary N) is 2. The van der Waals surface area contributed by atoms with Crippen LogP contribution in [0.1, 0.15) is 25.3 Å². The molecule has 9 heteroatoms. The van der Waals surface area contributed by atoms with E-state index in [1.54, 1.807) is 42.6 Å². The average Bonchev–Trinajstić information content (AvgIpc) is 3.34. The number of benzene rings is 1. The maximum absolute atomic E-state index is 12.7. The first-order chi connectivity index (χ1) is 12.9. The van der Waals surface area contributed by atoms with Crippen molar-refractivity contribution in [2.24, 2.45) is 0 Å². The predicted octanol–water partition coefficient (Wildman–Crippen LogP) is 2.84. The fourth-order valence-electron chi connectivity index (χ4n) is 2.85. The van der Waals surface area contributed by atoms with Crippen LogP contribution in [0.4, 0.5) is 10.7 Å². The van der Waals surface area contributed by atoms with E-state index >= 15 is 0 Å². The van der Waals surface area contributed by atoms with Gasteiger partial charge in [-0.15, -0.1) is 11.3 Å². The molecule has 2 aromatic rings. The number of carbonyl (C=O) groups excluding carboxylic acids is 1. The van der Waals surface area contributed by atoms with E-state index in [-0.39, 0.29) is 10.8 Å². The first kappa shape index (κ1) is 19.4. The highest BCUT2D eigenvalue weighted by molar-refractivity contribution is 7.89. The fraction of sp³-hybridized carbons (Fsp3) is 0.333. The second-order valence-electron chi connectivity index (χ2n) is 6.27. The summed E-state index contributed by atoms with van der Waals surface area (Å²) in [7, 11) is -3.51. The van der Waals surface area contributed by atoms with Crippen molar-refractivity contribution >= 4 is 38.0 Å². The van der Waals surface area contributed by atoms with Gasteiger partial charge in [0.1, 0.15) is 17.1 Å². The maximum Gasteiger partial charge on any atom is 0.247 e. The lowest BCUT2D eigenvalue weighted by molar-refractivity contribution is -0.116. The Morgan fingerprint density at radius 1 is 1.30 bits per heavy atom. The summed E-state index contributed by atoms with van der Waals surface area (Å²) in [5, 5.41) is 17.0. The molecule has 1 amide bonds. The Bertz CT molecular complexity index is 972. The zero-order chi connectivity index (χ0) is 19.4. The van der Waals surface area contributed by atoms with E-state index in [1.807, 2.05) is 6.07 Å². The largest absolute Gasteiger partial charge is 0.374 e. The first-order valence-corrected chi connectivity index (χ1v) is 10.9. The number of amides is 1. The van der Waals surface area contributed by atoms with E-state index < -0.39 is 16.1 Å². The molecule has 1 aliphatic heterocycles. The van der Waals surface area contributed by atoms with Crippen molar-refractivity contribution < 1.29 is 13.2 Å². The van der Waals surface area contributed by atoms with Gasteiger partial charge in [0, 0.05) is 18.8 Å². The summed E-state index contributed by atoms with van der Waals surface area (Å²) < 4.78 is 26.8. The molecular weight excluding hydrogens is 384 g/mol. The van der Waals surface area contributed by atoms with Crippen molar-refractivity contribution in [3.63, 3.8) is 0 Å². The van der Waals surface area contributed by atoms with Crippen molar-refractivity contribution in [2.45, 2.75) is 30.7 Å². The minimum Gasteiger partial charge on any atom is -0.374 e. The summed E-state index contributed by atoms with van der Waals surface area (Å²) in [6, 6.07) is 9.55. The standard InChI is InChI=1S/C18H20N4O3S2/c1-13(17(23)21-18-14(12-19)7-10-26-18)20-15-5-4-6-16(11-15)27(24,25)22-8-2-3-9-22/h4-7,10-11,13,20H,2-3,8-9H2,1H3,(H,21,23). The van der Waals surface area contributed by atoms with Crippen LogP contribution < -0.4 is 10.6 Å².